The molecular weight excluding hydrogens is 790 g/mol. The Labute approximate surface area is 307 Å². The molecule has 0 nitrogen and oxygen atoms in total. The van der Waals surface area contributed by atoms with Gasteiger partial charge in [0.1, 0.15) is 0 Å². The quantitative estimate of drug-likeness (QED) is 0.171. The van der Waals surface area contributed by atoms with E-state index in [1.807, 2.05) is 0 Å². The maximum absolute atomic E-state index is 2.49. The van der Waals surface area contributed by atoms with Crippen molar-refractivity contribution in [2.24, 2.45) is 0 Å². The van der Waals surface area contributed by atoms with Gasteiger partial charge in [0.15, 0.2) is 0 Å². The van der Waals surface area contributed by atoms with Gasteiger partial charge in [0, 0.05) is 25.7 Å². The third-order valence-electron chi connectivity index (χ3n) is 8.98. The van der Waals surface area contributed by atoms with Gasteiger partial charge in [0.05, 0.1) is 0 Å². The minimum absolute atomic E-state index is 0. The van der Waals surface area contributed by atoms with E-state index in [1.54, 1.807) is 20.7 Å². The van der Waals surface area contributed by atoms with E-state index < -0.39 is 16.1 Å². The Morgan fingerprint density at radius 3 is 1.09 bits per heavy atom. The van der Waals surface area contributed by atoms with Gasteiger partial charge in [-0.15, -0.1) is 0 Å². The summed E-state index contributed by atoms with van der Waals surface area (Å²) in [7, 11) is -2.19. The third kappa shape index (κ3) is 12.4. The normalized spacial score (nSPS) is 13.0. The van der Waals surface area contributed by atoms with Crippen molar-refractivity contribution in [2.45, 2.75) is 104 Å². The summed E-state index contributed by atoms with van der Waals surface area (Å²) in [6.45, 7) is 23.2. The van der Waals surface area contributed by atoms with Crippen LogP contribution in [-0.4, -0.2) is 25.7 Å². The molecule has 239 valence electrons. The number of hydrogen-bond donors (Lipinski definition) is 0. The Balaban J connectivity index is 0. The largest absolute Gasteiger partial charge is 4.00 e. The molecule has 0 heterocycles. The van der Waals surface area contributed by atoms with E-state index in [-0.39, 0.29) is 50.7 Å². The van der Waals surface area contributed by atoms with Crippen LogP contribution in [0.5, 0.6) is 0 Å². The van der Waals surface area contributed by atoms with Crippen molar-refractivity contribution in [3.8, 4) is 0 Å². The Hall–Kier alpha value is -0.759. The van der Waals surface area contributed by atoms with E-state index in [0.717, 1.165) is 9.52 Å². The fourth-order valence-electron chi connectivity index (χ4n) is 5.38. The molecule has 44 heavy (non-hydrogen) atoms. The summed E-state index contributed by atoms with van der Waals surface area (Å²) in [5.41, 5.74) is 2.96. The molecule has 0 aliphatic heterocycles. The Morgan fingerprint density at radius 2 is 0.886 bits per heavy atom. The molecule has 1 radical (unpaired) electrons. The van der Waals surface area contributed by atoms with Crippen LogP contribution in [0.4, 0.5) is 0 Å². The minimum Gasteiger partial charge on any atom is -1.00 e. The van der Waals surface area contributed by atoms with Gasteiger partial charge in [-0.1, -0.05) is 164 Å². The molecule has 6 heteroatoms. The van der Waals surface area contributed by atoms with E-state index in [9.17, 15) is 0 Å². The molecule has 4 rings (SSSR count). The number of halogens is 2. The smallest absolute Gasteiger partial charge is 1.00 e. The molecule has 0 fully saturated rings. The van der Waals surface area contributed by atoms with Crippen molar-refractivity contribution >= 4 is 46.4 Å². The zero-order valence-electron chi connectivity index (χ0n) is 29.1. The van der Waals surface area contributed by atoms with Crippen LogP contribution in [0.25, 0.3) is 0 Å². The topological polar surface area (TPSA) is 0 Å². The maximum Gasteiger partial charge on any atom is 4.00 e. The van der Waals surface area contributed by atoms with Gasteiger partial charge in [0.2, 0.25) is 0 Å². The van der Waals surface area contributed by atoms with Gasteiger partial charge < -0.3 is 24.8 Å². The molecule has 0 aliphatic rings. The molecule has 0 saturated heterocycles. The summed E-state index contributed by atoms with van der Waals surface area (Å²) in [5, 5.41) is 6.27. The van der Waals surface area contributed by atoms with Gasteiger partial charge in [-0.05, 0) is 11.8 Å². The molecule has 0 bridgehead atoms. The van der Waals surface area contributed by atoms with Crippen LogP contribution in [0.1, 0.15) is 78.4 Å². The first-order chi connectivity index (χ1) is 19.6. The molecule has 0 N–H and O–H groups in total. The standard InChI is InChI=1S/2C17H23Si.C4H11Si.2ClH.Hf/c2*1-5-18(4,16-9-7-6-8-10-16)17-12-11-15(13-17)14(2)3;1-3-5-4-2;;;/h2*6-14H,5H2,1-4H3;5H,3-4H2,1-2H3;2*1H;/q2*-1;;;;+4/p-2. The Kier molecular flexibility index (Phi) is 23.4. The summed E-state index contributed by atoms with van der Waals surface area (Å²) in [4.78, 5) is 0. The molecule has 0 amide bonds. The zero-order valence-corrected chi connectivity index (χ0v) is 37.3. The second-order valence-corrected chi connectivity index (χ2v) is 23.6. The molecular formula is C38H57Cl2HfSi3. The van der Waals surface area contributed by atoms with E-state index in [4.69, 9.17) is 0 Å². The molecule has 0 aromatic heterocycles. The SMILES string of the molecule is CC[SiH]CC.CC[Si](C)(c1ccccc1)c1c[cH-]c(C(C)C)c1.CC[Si](C)(c1ccccc1)c1c[cH-]c(C(C)C)c1.[Cl-].[Cl-].[Hf+4]. The summed E-state index contributed by atoms with van der Waals surface area (Å²) >= 11 is 0. The first kappa shape index (κ1) is 45.4. The van der Waals surface area contributed by atoms with Crippen LogP contribution in [0.2, 0.25) is 37.3 Å². The number of benzene rings is 2. The van der Waals surface area contributed by atoms with E-state index in [2.05, 4.69) is 166 Å². The Morgan fingerprint density at radius 1 is 0.568 bits per heavy atom. The number of rotatable bonds is 10. The zero-order chi connectivity index (χ0) is 30.5. The predicted octanol–water partition coefficient (Wildman–Crippen LogP) is 2.79. The monoisotopic (exact) mass is 847 g/mol. The molecule has 4 aromatic carbocycles. The molecule has 0 saturated carbocycles. The van der Waals surface area contributed by atoms with Crippen molar-refractivity contribution in [1.29, 1.82) is 0 Å². The molecule has 0 spiro atoms. The van der Waals surface area contributed by atoms with Gasteiger partial charge in [-0.3, -0.25) is 0 Å². The van der Waals surface area contributed by atoms with Crippen LogP contribution in [0.15, 0.2) is 97.1 Å². The molecule has 2 unspecified atom stereocenters. The van der Waals surface area contributed by atoms with E-state index in [0.29, 0.717) is 11.8 Å². The first-order valence-electron chi connectivity index (χ1n) is 16.0. The van der Waals surface area contributed by atoms with Crippen molar-refractivity contribution in [3.63, 3.8) is 0 Å². The fraction of sp³-hybridized carbons (Fsp3) is 0.421. The number of hydrogen-bond acceptors (Lipinski definition) is 0. The van der Waals surface area contributed by atoms with Gasteiger partial charge in [-0.2, -0.15) is 45.8 Å². The van der Waals surface area contributed by atoms with Crippen molar-refractivity contribution in [2.75, 3.05) is 0 Å². The molecule has 0 aliphatic carbocycles. The fourth-order valence-corrected chi connectivity index (χ4v) is 12.0. The van der Waals surface area contributed by atoms with Crippen LogP contribution >= 0.6 is 0 Å². The minimum atomic E-state index is -1.50. The summed E-state index contributed by atoms with van der Waals surface area (Å²) in [5.74, 6) is 1.26. The average Bonchev–Trinajstić information content (AvgIpc) is 3.70. The summed E-state index contributed by atoms with van der Waals surface area (Å²) in [6, 6.07) is 41.7. The predicted molar refractivity (Wildman–Crippen MR) is 196 cm³/mol. The van der Waals surface area contributed by atoms with Crippen LogP contribution in [0, 0.1) is 0 Å². The van der Waals surface area contributed by atoms with Gasteiger partial charge in [-0.25, -0.2) is 12.1 Å². The van der Waals surface area contributed by atoms with Crippen molar-refractivity contribution in [3.05, 3.63) is 108 Å². The molecule has 4 aromatic rings. The van der Waals surface area contributed by atoms with Gasteiger partial charge >= 0.3 is 25.8 Å². The summed E-state index contributed by atoms with van der Waals surface area (Å²) in [6.07, 6.45) is 0. The first-order valence-corrected chi connectivity index (χ1v) is 23.1. The van der Waals surface area contributed by atoms with E-state index >= 15 is 0 Å². The average molecular weight is 848 g/mol. The molecule has 2 atom stereocenters. The second-order valence-electron chi connectivity index (χ2n) is 12.4. The van der Waals surface area contributed by atoms with E-state index in [1.165, 1.54) is 35.3 Å². The Bertz CT molecular complexity index is 1160. The van der Waals surface area contributed by atoms with Crippen molar-refractivity contribution in [1.82, 2.24) is 0 Å². The van der Waals surface area contributed by atoms with Crippen LogP contribution < -0.4 is 45.6 Å². The maximum atomic E-state index is 2.49. The van der Waals surface area contributed by atoms with Gasteiger partial charge in [0.25, 0.3) is 0 Å². The van der Waals surface area contributed by atoms with Crippen LogP contribution in [0.3, 0.4) is 0 Å². The summed E-state index contributed by atoms with van der Waals surface area (Å²) < 4.78 is 0. The van der Waals surface area contributed by atoms with Crippen molar-refractivity contribution < 1.29 is 50.7 Å². The third-order valence-corrected chi connectivity index (χ3v) is 19.3. The second kappa shape index (κ2) is 22.7. The van der Waals surface area contributed by atoms with Crippen LogP contribution in [-0.2, 0) is 25.8 Å².